The molecule has 1 heterocycles. The third kappa shape index (κ3) is 6.07. The molecule has 0 atom stereocenters. The number of carbonyl (C=O) groups excluding carboxylic acids is 3. The minimum atomic E-state index is -4.07. The van der Waals surface area contributed by atoms with Gasteiger partial charge in [-0.15, -0.1) is 0 Å². The summed E-state index contributed by atoms with van der Waals surface area (Å²) in [4.78, 5) is 35.9. The maximum absolute atomic E-state index is 13.0. The van der Waals surface area contributed by atoms with E-state index in [0.717, 1.165) is 18.2 Å². The Morgan fingerprint density at radius 3 is 2.52 bits per heavy atom. The molecule has 1 aliphatic rings. The number of anilines is 1. The van der Waals surface area contributed by atoms with Crippen LogP contribution in [0.4, 0.5) is 14.9 Å². The van der Waals surface area contributed by atoms with E-state index in [1.165, 1.54) is 30.3 Å². The van der Waals surface area contributed by atoms with E-state index in [2.05, 4.69) is 15.4 Å². The van der Waals surface area contributed by atoms with Crippen LogP contribution in [0.5, 0.6) is 0 Å². The number of sulfonamides is 1. The maximum atomic E-state index is 13.0. The van der Waals surface area contributed by atoms with Gasteiger partial charge in [0.25, 0.3) is 10.0 Å². The number of urea groups is 1. The van der Waals surface area contributed by atoms with Crippen LogP contribution in [0, 0.1) is 5.82 Å². The molecule has 2 aromatic rings. The third-order valence-corrected chi connectivity index (χ3v) is 5.78. The number of esters is 2. The standard InChI is InChI=1S/C21H20FN3O7S/c1-2-31-20(27)17-11-23-21(28)24-18(17)12-32-19(26)13-4-3-5-16(10-13)33(29,30)25-15-8-6-14(22)7-9-15/h3-10,25H,2,11-12H2,1H3,(H2,23,24,28). The molecule has 0 unspecified atom stereocenters. The van der Waals surface area contributed by atoms with Gasteiger partial charge in [-0.3, -0.25) is 4.72 Å². The first-order chi connectivity index (χ1) is 15.7. The van der Waals surface area contributed by atoms with E-state index in [1.54, 1.807) is 6.92 Å². The number of nitrogens with one attached hydrogen (secondary N) is 3. The highest BCUT2D eigenvalue weighted by molar-refractivity contribution is 7.92. The van der Waals surface area contributed by atoms with Crippen LogP contribution in [0.15, 0.2) is 64.7 Å². The summed E-state index contributed by atoms with van der Waals surface area (Å²) >= 11 is 0. The molecule has 0 fully saturated rings. The molecular weight excluding hydrogens is 457 g/mol. The summed E-state index contributed by atoms with van der Waals surface area (Å²) in [6.45, 7) is 1.21. The Morgan fingerprint density at radius 2 is 1.82 bits per heavy atom. The lowest BCUT2D eigenvalue weighted by Gasteiger charge is -2.21. The number of amides is 2. The Hall–Kier alpha value is -3.93. The van der Waals surface area contributed by atoms with Crippen molar-refractivity contribution in [2.45, 2.75) is 11.8 Å². The highest BCUT2D eigenvalue weighted by Gasteiger charge is 2.25. The second-order valence-corrected chi connectivity index (χ2v) is 8.38. The summed E-state index contributed by atoms with van der Waals surface area (Å²) < 4.78 is 50.6. The number of carbonyl (C=O) groups is 3. The SMILES string of the molecule is CCOC(=O)C1=C(COC(=O)c2cccc(S(=O)(=O)Nc3ccc(F)cc3)c2)NC(=O)NC1. The monoisotopic (exact) mass is 477 g/mol. The van der Waals surface area contributed by atoms with E-state index in [-0.39, 0.29) is 40.6 Å². The zero-order chi connectivity index (χ0) is 24.0. The first kappa shape index (κ1) is 23.7. The quantitative estimate of drug-likeness (QED) is 0.494. The fourth-order valence-electron chi connectivity index (χ4n) is 2.81. The summed E-state index contributed by atoms with van der Waals surface area (Å²) in [5.74, 6) is -2.07. The zero-order valence-electron chi connectivity index (χ0n) is 17.4. The molecule has 0 spiro atoms. The molecule has 0 bridgehead atoms. The van der Waals surface area contributed by atoms with Gasteiger partial charge in [-0.25, -0.2) is 27.2 Å². The molecule has 1 aliphatic heterocycles. The van der Waals surface area contributed by atoms with Gasteiger partial charge in [0.1, 0.15) is 12.4 Å². The predicted molar refractivity (Wildman–Crippen MR) is 114 cm³/mol. The molecule has 33 heavy (non-hydrogen) atoms. The van der Waals surface area contributed by atoms with Gasteiger partial charge in [-0.1, -0.05) is 6.07 Å². The molecule has 0 saturated carbocycles. The van der Waals surface area contributed by atoms with Gasteiger partial charge in [0, 0.05) is 5.69 Å². The first-order valence-electron chi connectivity index (χ1n) is 9.69. The van der Waals surface area contributed by atoms with Crippen molar-refractivity contribution in [3.05, 3.63) is 71.2 Å². The molecule has 10 nitrogen and oxygen atoms in total. The van der Waals surface area contributed by atoms with E-state index >= 15 is 0 Å². The average Bonchev–Trinajstić information content (AvgIpc) is 2.79. The molecule has 0 aromatic heterocycles. The topological polar surface area (TPSA) is 140 Å². The van der Waals surface area contributed by atoms with Crippen LogP contribution in [0.3, 0.4) is 0 Å². The summed E-state index contributed by atoms with van der Waals surface area (Å²) in [5.41, 5.74) is 0.233. The van der Waals surface area contributed by atoms with Crippen LogP contribution in [0.1, 0.15) is 17.3 Å². The summed E-state index contributed by atoms with van der Waals surface area (Å²) in [5, 5.41) is 4.82. The number of benzene rings is 2. The molecule has 0 aliphatic carbocycles. The van der Waals surface area contributed by atoms with E-state index in [1.807, 2.05) is 0 Å². The zero-order valence-corrected chi connectivity index (χ0v) is 18.2. The summed E-state index contributed by atoms with van der Waals surface area (Å²) in [7, 11) is -4.07. The fourth-order valence-corrected chi connectivity index (χ4v) is 3.92. The van der Waals surface area contributed by atoms with Gasteiger partial charge in [-0.2, -0.15) is 0 Å². The molecule has 0 saturated heterocycles. The molecule has 3 N–H and O–H groups in total. The minimum absolute atomic E-state index is 0.0623. The van der Waals surface area contributed by atoms with Crippen molar-refractivity contribution in [2.75, 3.05) is 24.5 Å². The van der Waals surface area contributed by atoms with Crippen molar-refractivity contribution in [3.63, 3.8) is 0 Å². The van der Waals surface area contributed by atoms with Crippen LogP contribution in [-0.2, 0) is 24.3 Å². The number of ether oxygens (including phenoxy) is 2. The summed E-state index contributed by atoms with van der Waals surface area (Å²) in [6, 6.07) is 9.23. The van der Waals surface area contributed by atoms with Crippen molar-refractivity contribution in [1.29, 1.82) is 0 Å². The van der Waals surface area contributed by atoms with Crippen molar-refractivity contribution < 1.29 is 36.7 Å². The van der Waals surface area contributed by atoms with Gasteiger partial charge in [0.2, 0.25) is 0 Å². The van der Waals surface area contributed by atoms with Crippen LogP contribution < -0.4 is 15.4 Å². The Labute approximate surface area is 188 Å². The van der Waals surface area contributed by atoms with Gasteiger partial charge in [-0.05, 0) is 49.4 Å². The van der Waals surface area contributed by atoms with Gasteiger partial charge < -0.3 is 20.1 Å². The Kier molecular flexibility index (Phi) is 7.28. The van der Waals surface area contributed by atoms with Gasteiger partial charge in [0.15, 0.2) is 0 Å². The van der Waals surface area contributed by atoms with E-state index in [0.29, 0.717) is 0 Å². The molecule has 2 amide bonds. The first-order valence-corrected chi connectivity index (χ1v) is 11.2. The lowest BCUT2D eigenvalue weighted by atomic mass is 10.1. The van der Waals surface area contributed by atoms with Crippen LogP contribution in [0.2, 0.25) is 0 Å². The molecule has 0 radical (unpaired) electrons. The highest BCUT2D eigenvalue weighted by atomic mass is 32.2. The normalized spacial score (nSPS) is 13.6. The number of hydrogen-bond acceptors (Lipinski definition) is 7. The third-order valence-electron chi connectivity index (χ3n) is 4.40. The Balaban J connectivity index is 1.74. The molecular formula is C21H20FN3O7S. The number of rotatable bonds is 8. The maximum Gasteiger partial charge on any atom is 0.338 e. The largest absolute Gasteiger partial charge is 0.463 e. The van der Waals surface area contributed by atoms with Crippen molar-refractivity contribution in [3.8, 4) is 0 Å². The van der Waals surface area contributed by atoms with Crippen LogP contribution in [0.25, 0.3) is 0 Å². The second kappa shape index (κ2) is 10.1. The Bertz CT molecular complexity index is 1210. The number of hydrogen-bond donors (Lipinski definition) is 3. The lowest BCUT2D eigenvalue weighted by molar-refractivity contribution is -0.138. The summed E-state index contributed by atoms with van der Waals surface area (Å²) in [6.07, 6.45) is 0. The minimum Gasteiger partial charge on any atom is -0.463 e. The van der Waals surface area contributed by atoms with Crippen molar-refractivity contribution in [1.82, 2.24) is 10.6 Å². The van der Waals surface area contributed by atoms with Crippen LogP contribution >= 0.6 is 0 Å². The van der Waals surface area contributed by atoms with Crippen molar-refractivity contribution >= 4 is 33.7 Å². The molecule has 174 valence electrons. The van der Waals surface area contributed by atoms with E-state index in [9.17, 15) is 27.2 Å². The molecule has 2 aromatic carbocycles. The average molecular weight is 477 g/mol. The second-order valence-electron chi connectivity index (χ2n) is 6.70. The van der Waals surface area contributed by atoms with Gasteiger partial charge in [0.05, 0.1) is 34.9 Å². The van der Waals surface area contributed by atoms with E-state index < -0.39 is 40.4 Å². The smallest absolute Gasteiger partial charge is 0.338 e. The number of halogens is 1. The van der Waals surface area contributed by atoms with E-state index in [4.69, 9.17) is 9.47 Å². The van der Waals surface area contributed by atoms with Crippen LogP contribution in [-0.4, -0.2) is 46.1 Å². The molecule has 3 rings (SSSR count). The lowest BCUT2D eigenvalue weighted by Crippen LogP contribution is -2.45. The predicted octanol–water partition coefficient (Wildman–Crippen LogP) is 1.91. The Morgan fingerprint density at radius 1 is 1.09 bits per heavy atom. The van der Waals surface area contributed by atoms with Crippen molar-refractivity contribution in [2.24, 2.45) is 0 Å². The highest BCUT2D eigenvalue weighted by Crippen LogP contribution is 2.18. The van der Waals surface area contributed by atoms with Gasteiger partial charge >= 0.3 is 18.0 Å². The molecule has 12 heteroatoms. The fraction of sp³-hybridized carbons (Fsp3) is 0.190.